The van der Waals surface area contributed by atoms with E-state index in [0.717, 1.165) is 0 Å². The summed E-state index contributed by atoms with van der Waals surface area (Å²) in [7, 11) is 0. The van der Waals surface area contributed by atoms with Gasteiger partial charge in [-0.3, -0.25) is 6.08 Å². The Balaban J connectivity index is 0.000000250. The van der Waals surface area contributed by atoms with Gasteiger partial charge in [0.25, 0.3) is 0 Å². The molecule has 0 saturated heterocycles. The van der Waals surface area contributed by atoms with Crippen molar-refractivity contribution in [3.63, 3.8) is 0 Å². The van der Waals surface area contributed by atoms with E-state index in [-0.39, 0.29) is 16.8 Å². The van der Waals surface area contributed by atoms with Crippen molar-refractivity contribution in [2.24, 2.45) is 0 Å². The molecule has 0 bridgehead atoms. The third-order valence-corrected chi connectivity index (χ3v) is 0.814. The summed E-state index contributed by atoms with van der Waals surface area (Å²) in [6.45, 7) is 0. The van der Waals surface area contributed by atoms with Crippen LogP contribution in [0.1, 0.15) is 19.3 Å². The standard InChI is InChI=1S/C5H7.Co/c1-2-4-5-3-1;/h1H,2,4-5H2;/q-1;. The van der Waals surface area contributed by atoms with E-state index in [1.54, 1.807) is 0 Å². The number of hydrogen-bond acceptors (Lipinski definition) is 0. The van der Waals surface area contributed by atoms with Crippen molar-refractivity contribution >= 4 is 0 Å². The topological polar surface area (TPSA) is 0 Å². The molecule has 37 valence electrons. The van der Waals surface area contributed by atoms with Crippen molar-refractivity contribution in [1.29, 1.82) is 0 Å². The fourth-order valence-electron chi connectivity index (χ4n) is 0.510. The molecule has 0 heterocycles. The van der Waals surface area contributed by atoms with Gasteiger partial charge in [-0.25, -0.2) is 0 Å². The first-order valence-electron chi connectivity index (χ1n) is 2.05. The van der Waals surface area contributed by atoms with Gasteiger partial charge in [0.1, 0.15) is 0 Å². The summed E-state index contributed by atoms with van der Waals surface area (Å²) in [4.78, 5) is 0. The Morgan fingerprint density at radius 3 is 2.50 bits per heavy atom. The second kappa shape index (κ2) is 3.44. The third kappa shape index (κ3) is 1.63. The molecule has 0 amide bonds. The summed E-state index contributed by atoms with van der Waals surface area (Å²) < 4.78 is 0. The summed E-state index contributed by atoms with van der Waals surface area (Å²) in [5.41, 5.74) is 0. The Kier molecular flexibility index (Phi) is 3.58. The zero-order chi connectivity index (χ0) is 3.54. The first-order chi connectivity index (χ1) is 2.50. The van der Waals surface area contributed by atoms with Crippen molar-refractivity contribution in [2.45, 2.75) is 19.3 Å². The van der Waals surface area contributed by atoms with Crippen LogP contribution < -0.4 is 0 Å². The minimum atomic E-state index is 0. The van der Waals surface area contributed by atoms with E-state index in [9.17, 15) is 0 Å². The van der Waals surface area contributed by atoms with E-state index < -0.39 is 0 Å². The minimum absolute atomic E-state index is 0. The summed E-state index contributed by atoms with van der Waals surface area (Å²) in [5, 5.41) is 0. The third-order valence-electron chi connectivity index (χ3n) is 0.814. The smallest absolute Gasteiger partial charge is 0 e. The second-order valence-corrected chi connectivity index (χ2v) is 1.30. The van der Waals surface area contributed by atoms with Crippen molar-refractivity contribution in [1.82, 2.24) is 0 Å². The molecule has 1 rings (SSSR count). The van der Waals surface area contributed by atoms with Crippen LogP contribution in [0.25, 0.3) is 0 Å². The monoisotopic (exact) mass is 126 g/mol. The van der Waals surface area contributed by atoms with Crippen LogP contribution in [0.4, 0.5) is 0 Å². The molecule has 6 heavy (non-hydrogen) atoms. The molecule has 0 aromatic carbocycles. The predicted octanol–water partition coefficient (Wildman–Crippen LogP) is 1.53. The van der Waals surface area contributed by atoms with Crippen LogP contribution in [0.5, 0.6) is 0 Å². The Labute approximate surface area is 48.8 Å². The van der Waals surface area contributed by atoms with Crippen molar-refractivity contribution in [3.8, 4) is 0 Å². The van der Waals surface area contributed by atoms with Crippen LogP contribution in [0.3, 0.4) is 0 Å². The van der Waals surface area contributed by atoms with Crippen LogP contribution in [0.2, 0.25) is 0 Å². The Bertz CT molecular complexity index is 41.9. The SMILES string of the molecule is [C-]1=CCCC1.[Co]. The molecule has 0 saturated carbocycles. The molecule has 0 aromatic rings. The van der Waals surface area contributed by atoms with Crippen LogP contribution in [0, 0.1) is 6.08 Å². The van der Waals surface area contributed by atoms with E-state index in [1.807, 2.05) is 0 Å². The molecule has 0 aliphatic heterocycles. The Morgan fingerprint density at radius 2 is 2.33 bits per heavy atom. The van der Waals surface area contributed by atoms with E-state index >= 15 is 0 Å². The number of hydrogen-bond donors (Lipinski definition) is 0. The molecule has 0 fully saturated rings. The molecule has 0 nitrogen and oxygen atoms in total. The molecule has 1 heteroatoms. The number of rotatable bonds is 0. The average molecular weight is 126 g/mol. The summed E-state index contributed by atoms with van der Waals surface area (Å²) in [6.07, 6.45) is 9.00. The summed E-state index contributed by atoms with van der Waals surface area (Å²) >= 11 is 0. The zero-order valence-electron chi connectivity index (χ0n) is 3.53. The number of allylic oxidation sites excluding steroid dienone is 2. The van der Waals surface area contributed by atoms with Crippen LogP contribution in [-0.4, -0.2) is 0 Å². The Morgan fingerprint density at radius 1 is 1.50 bits per heavy atom. The van der Waals surface area contributed by atoms with Gasteiger partial charge in [-0.1, -0.05) is 12.8 Å². The maximum Gasteiger partial charge on any atom is 0 e. The van der Waals surface area contributed by atoms with E-state index in [2.05, 4.69) is 12.2 Å². The summed E-state index contributed by atoms with van der Waals surface area (Å²) in [5.74, 6) is 0. The molecule has 0 N–H and O–H groups in total. The van der Waals surface area contributed by atoms with E-state index in [1.165, 1.54) is 19.3 Å². The molecule has 1 radical (unpaired) electrons. The van der Waals surface area contributed by atoms with Gasteiger partial charge in [-0.05, 0) is 0 Å². The molecule has 0 unspecified atom stereocenters. The first kappa shape index (κ1) is 6.25. The second-order valence-electron chi connectivity index (χ2n) is 1.30. The normalized spacial score (nSPS) is 17.3. The van der Waals surface area contributed by atoms with Gasteiger partial charge in [0.15, 0.2) is 0 Å². The van der Waals surface area contributed by atoms with Gasteiger partial charge in [-0.15, -0.1) is 0 Å². The van der Waals surface area contributed by atoms with E-state index in [4.69, 9.17) is 0 Å². The summed E-state index contributed by atoms with van der Waals surface area (Å²) in [6, 6.07) is 0. The van der Waals surface area contributed by atoms with Gasteiger partial charge < -0.3 is 6.08 Å². The van der Waals surface area contributed by atoms with Crippen molar-refractivity contribution < 1.29 is 16.8 Å². The van der Waals surface area contributed by atoms with Gasteiger partial charge in [0.05, 0.1) is 0 Å². The fraction of sp³-hybridized carbons (Fsp3) is 0.600. The molecule has 1 aliphatic rings. The van der Waals surface area contributed by atoms with Gasteiger partial charge >= 0.3 is 0 Å². The van der Waals surface area contributed by atoms with Gasteiger partial charge in [0.2, 0.25) is 0 Å². The maximum absolute atomic E-state index is 3.10. The van der Waals surface area contributed by atoms with Crippen LogP contribution >= 0.6 is 0 Å². The zero-order valence-corrected chi connectivity index (χ0v) is 4.57. The van der Waals surface area contributed by atoms with Crippen molar-refractivity contribution in [3.05, 3.63) is 12.2 Å². The largest absolute Gasteiger partial charge is 0.501 e. The predicted molar refractivity (Wildman–Crippen MR) is 21.7 cm³/mol. The molecule has 0 spiro atoms. The van der Waals surface area contributed by atoms with Gasteiger partial charge in [-0.2, -0.15) is 6.42 Å². The minimum Gasteiger partial charge on any atom is -0.501 e. The first-order valence-corrected chi connectivity index (χ1v) is 2.05. The van der Waals surface area contributed by atoms with Gasteiger partial charge in [0, 0.05) is 16.8 Å². The molecule has 0 aromatic heterocycles. The quantitative estimate of drug-likeness (QED) is 0.432. The molecule has 0 atom stereocenters. The molecular weight excluding hydrogens is 119 g/mol. The average Bonchev–Trinajstić information content (AvgIpc) is 1.76. The maximum atomic E-state index is 3.10. The molecule has 1 aliphatic carbocycles. The van der Waals surface area contributed by atoms with Crippen LogP contribution in [-0.2, 0) is 16.8 Å². The van der Waals surface area contributed by atoms with Crippen LogP contribution in [0.15, 0.2) is 6.08 Å². The van der Waals surface area contributed by atoms with E-state index in [0.29, 0.717) is 0 Å². The van der Waals surface area contributed by atoms with Crippen molar-refractivity contribution in [2.75, 3.05) is 0 Å². The molecular formula is C5H7Co-. The Hall–Kier alpha value is 0.246. The fourth-order valence-corrected chi connectivity index (χ4v) is 0.510.